The van der Waals surface area contributed by atoms with Crippen LogP contribution in [0.1, 0.15) is 13.3 Å². The number of amides is 2. The highest BCUT2D eigenvalue weighted by molar-refractivity contribution is 6.30. The number of benzene rings is 1. The highest BCUT2D eigenvalue weighted by Gasteiger charge is 2.35. The van der Waals surface area contributed by atoms with Crippen LogP contribution < -0.4 is 10.2 Å². The summed E-state index contributed by atoms with van der Waals surface area (Å²) in [5.74, 6) is -1.64. The first-order chi connectivity index (χ1) is 9.88. The average Bonchev–Trinajstić information content (AvgIpc) is 2.81. The number of nitrogens with one attached hydrogen (secondary N) is 1. The predicted molar refractivity (Wildman–Crippen MR) is 76.6 cm³/mol. The fraction of sp³-hybridized carbons (Fsp3) is 0.429. The van der Waals surface area contributed by atoms with Gasteiger partial charge in [-0.3, -0.25) is 9.59 Å². The van der Waals surface area contributed by atoms with E-state index in [1.54, 1.807) is 13.0 Å². The lowest BCUT2D eigenvalue weighted by atomic mass is 10.1. The third kappa shape index (κ3) is 3.71. The number of anilines is 1. The Morgan fingerprint density at radius 1 is 1.62 bits per heavy atom. The molecule has 2 atom stereocenters. The molecule has 2 rings (SSSR count). The Morgan fingerprint density at radius 2 is 2.33 bits per heavy atom. The van der Waals surface area contributed by atoms with Gasteiger partial charge in [0.2, 0.25) is 11.8 Å². The van der Waals surface area contributed by atoms with Gasteiger partial charge in [0.1, 0.15) is 5.82 Å². The average molecular weight is 315 g/mol. The van der Waals surface area contributed by atoms with Crippen LogP contribution >= 0.6 is 11.6 Å². The molecule has 0 saturated carbocycles. The molecule has 0 radical (unpaired) electrons. The van der Waals surface area contributed by atoms with E-state index in [9.17, 15) is 14.0 Å². The van der Waals surface area contributed by atoms with Gasteiger partial charge in [0.15, 0.2) is 0 Å². The van der Waals surface area contributed by atoms with Crippen molar-refractivity contribution >= 4 is 29.1 Å². The Kier molecular flexibility index (Phi) is 4.80. The highest BCUT2D eigenvalue weighted by Crippen LogP contribution is 2.28. The van der Waals surface area contributed by atoms with Crippen molar-refractivity contribution in [1.82, 2.24) is 5.32 Å². The molecule has 0 aliphatic carbocycles. The number of carbonyl (C=O) groups is 2. The van der Waals surface area contributed by atoms with Crippen LogP contribution in [0.2, 0.25) is 5.02 Å². The van der Waals surface area contributed by atoms with E-state index in [0.29, 0.717) is 5.69 Å². The van der Waals surface area contributed by atoms with Crippen LogP contribution in [0.4, 0.5) is 10.1 Å². The Labute approximate surface area is 126 Å². The van der Waals surface area contributed by atoms with Crippen LogP contribution in [-0.2, 0) is 9.59 Å². The fourth-order valence-electron chi connectivity index (χ4n) is 2.18. The van der Waals surface area contributed by atoms with Gasteiger partial charge in [-0.1, -0.05) is 11.6 Å². The van der Waals surface area contributed by atoms with Crippen LogP contribution in [0.5, 0.6) is 0 Å². The third-order valence-electron chi connectivity index (χ3n) is 3.28. The summed E-state index contributed by atoms with van der Waals surface area (Å²) in [6, 6.07) is 4.09. The maximum absolute atomic E-state index is 13.4. The number of nitrogens with zero attached hydrogens (tertiary/aromatic N) is 1. The summed E-state index contributed by atoms with van der Waals surface area (Å²) in [5.41, 5.74) is 0.382. The number of aliphatic hydroxyl groups excluding tert-OH is 1. The molecule has 7 heteroatoms. The van der Waals surface area contributed by atoms with E-state index in [0.717, 1.165) is 0 Å². The number of rotatable bonds is 4. The normalized spacial score (nSPS) is 19.7. The second-order valence-electron chi connectivity index (χ2n) is 5.10. The van der Waals surface area contributed by atoms with E-state index in [2.05, 4.69) is 5.32 Å². The Balaban J connectivity index is 2.05. The maximum Gasteiger partial charge on any atom is 0.227 e. The van der Waals surface area contributed by atoms with Crippen LogP contribution in [0.25, 0.3) is 0 Å². The van der Waals surface area contributed by atoms with Gasteiger partial charge in [-0.05, 0) is 25.1 Å². The minimum atomic E-state index is -0.646. The largest absolute Gasteiger partial charge is 0.392 e. The number of halogens is 2. The summed E-state index contributed by atoms with van der Waals surface area (Å²) >= 11 is 5.61. The second-order valence-corrected chi connectivity index (χ2v) is 5.51. The van der Waals surface area contributed by atoms with Gasteiger partial charge in [-0.25, -0.2) is 4.39 Å². The molecule has 1 aliphatic rings. The number of hydrogen-bond acceptors (Lipinski definition) is 3. The van der Waals surface area contributed by atoms with Crippen molar-refractivity contribution in [2.75, 3.05) is 18.0 Å². The molecule has 2 amide bonds. The van der Waals surface area contributed by atoms with Gasteiger partial charge < -0.3 is 15.3 Å². The van der Waals surface area contributed by atoms with Crippen LogP contribution in [0, 0.1) is 11.7 Å². The van der Waals surface area contributed by atoms with E-state index < -0.39 is 17.8 Å². The fourth-order valence-corrected chi connectivity index (χ4v) is 2.30. The summed E-state index contributed by atoms with van der Waals surface area (Å²) in [6.07, 6.45) is -0.580. The van der Waals surface area contributed by atoms with Gasteiger partial charge in [0, 0.05) is 25.2 Å². The minimum Gasteiger partial charge on any atom is -0.392 e. The lowest BCUT2D eigenvalue weighted by Crippen LogP contribution is -2.36. The van der Waals surface area contributed by atoms with Gasteiger partial charge >= 0.3 is 0 Å². The molecule has 5 nitrogen and oxygen atoms in total. The summed E-state index contributed by atoms with van der Waals surface area (Å²) in [7, 11) is 0. The van der Waals surface area contributed by atoms with E-state index in [1.807, 2.05) is 0 Å². The quantitative estimate of drug-likeness (QED) is 0.881. The molecule has 2 N–H and O–H groups in total. The second kappa shape index (κ2) is 6.41. The predicted octanol–water partition coefficient (Wildman–Crippen LogP) is 1.33. The molecule has 1 saturated heterocycles. The zero-order valence-electron chi connectivity index (χ0n) is 11.5. The first kappa shape index (κ1) is 15.7. The summed E-state index contributed by atoms with van der Waals surface area (Å²) < 4.78 is 13.4. The van der Waals surface area contributed by atoms with Crippen molar-refractivity contribution in [2.45, 2.75) is 19.4 Å². The van der Waals surface area contributed by atoms with Crippen molar-refractivity contribution in [1.29, 1.82) is 0 Å². The van der Waals surface area contributed by atoms with E-state index in [-0.39, 0.29) is 36.3 Å². The molecular weight excluding hydrogens is 299 g/mol. The molecule has 1 aromatic carbocycles. The maximum atomic E-state index is 13.4. The molecule has 1 aliphatic heterocycles. The zero-order valence-corrected chi connectivity index (χ0v) is 12.2. The SMILES string of the molecule is CC(O)CNC(=O)C1CC(=O)N(c2ccc(Cl)c(F)c2)C1. The number of hydrogen-bond donors (Lipinski definition) is 2. The van der Waals surface area contributed by atoms with Crippen molar-refractivity contribution < 1.29 is 19.1 Å². The zero-order chi connectivity index (χ0) is 15.6. The lowest BCUT2D eigenvalue weighted by Gasteiger charge is -2.17. The minimum absolute atomic E-state index is 0.0170. The van der Waals surface area contributed by atoms with Gasteiger partial charge in [-0.15, -0.1) is 0 Å². The first-order valence-corrected chi connectivity index (χ1v) is 6.97. The molecule has 1 aromatic rings. The van der Waals surface area contributed by atoms with Gasteiger partial charge in [-0.2, -0.15) is 0 Å². The highest BCUT2D eigenvalue weighted by atomic mass is 35.5. The smallest absolute Gasteiger partial charge is 0.227 e. The van der Waals surface area contributed by atoms with E-state index >= 15 is 0 Å². The third-order valence-corrected chi connectivity index (χ3v) is 3.59. The van der Waals surface area contributed by atoms with Crippen molar-refractivity contribution in [3.05, 3.63) is 29.0 Å². The van der Waals surface area contributed by atoms with E-state index in [1.165, 1.54) is 17.0 Å². The molecule has 1 fully saturated rings. The number of carbonyl (C=O) groups excluding carboxylic acids is 2. The first-order valence-electron chi connectivity index (χ1n) is 6.59. The monoisotopic (exact) mass is 314 g/mol. The standard InChI is InChI=1S/C14H16ClFN2O3/c1-8(19)6-17-14(21)9-4-13(20)18(7-9)10-2-3-11(15)12(16)5-10/h2-3,5,8-9,19H,4,6-7H2,1H3,(H,17,21). The summed E-state index contributed by atoms with van der Waals surface area (Å²) in [6.45, 7) is 1.88. The molecule has 0 spiro atoms. The Morgan fingerprint density at radius 3 is 2.95 bits per heavy atom. The van der Waals surface area contributed by atoms with Crippen molar-refractivity contribution in [3.63, 3.8) is 0 Å². The molecule has 114 valence electrons. The van der Waals surface area contributed by atoms with Gasteiger partial charge in [0.05, 0.1) is 17.0 Å². The van der Waals surface area contributed by atoms with Crippen molar-refractivity contribution in [2.24, 2.45) is 5.92 Å². The van der Waals surface area contributed by atoms with Crippen LogP contribution in [-0.4, -0.2) is 36.1 Å². The van der Waals surface area contributed by atoms with E-state index in [4.69, 9.17) is 16.7 Å². The van der Waals surface area contributed by atoms with Crippen LogP contribution in [0.3, 0.4) is 0 Å². The molecular formula is C14H16ClFN2O3. The molecule has 0 bridgehead atoms. The lowest BCUT2D eigenvalue weighted by molar-refractivity contribution is -0.126. The Bertz CT molecular complexity index is 565. The molecule has 2 unspecified atom stereocenters. The molecule has 1 heterocycles. The van der Waals surface area contributed by atoms with Gasteiger partial charge in [0.25, 0.3) is 0 Å². The molecule has 0 aromatic heterocycles. The van der Waals surface area contributed by atoms with Crippen molar-refractivity contribution in [3.8, 4) is 0 Å². The number of aliphatic hydroxyl groups is 1. The topological polar surface area (TPSA) is 69.6 Å². The Hall–Kier alpha value is -1.66. The summed E-state index contributed by atoms with van der Waals surface area (Å²) in [5, 5.41) is 11.7. The van der Waals surface area contributed by atoms with Crippen LogP contribution in [0.15, 0.2) is 18.2 Å². The summed E-state index contributed by atoms with van der Waals surface area (Å²) in [4.78, 5) is 25.2. The molecule has 21 heavy (non-hydrogen) atoms.